The molecule has 1 rings (SSSR count). The lowest BCUT2D eigenvalue weighted by atomic mass is 10.1. The van der Waals surface area contributed by atoms with Crippen LogP contribution in [-0.2, 0) is 4.79 Å². The summed E-state index contributed by atoms with van der Waals surface area (Å²) in [4.78, 5) is 9.07. The fourth-order valence-corrected chi connectivity index (χ4v) is 2.06. The first kappa shape index (κ1) is 9.83. The van der Waals surface area contributed by atoms with Gasteiger partial charge in [-0.2, -0.15) is 0 Å². The third-order valence-electron chi connectivity index (χ3n) is 2.15. The summed E-state index contributed by atoms with van der Waals surface area (Å²) in [5.74, 6) is -1.16. The Morgan fingerprint density at radius 1 is 1.75 bits per heavy atom. The second-order valence-electron chi connectivity index (χ2n) is 2.85. The lowest BCUT2D eigenvalue weighted by Crippen LogP contribution is -2.50. The van der Waals surface area contributed by atoms with Crippen LogP contribution >= 0.6 is 11.8 Å². The molecule has 1 aliphatic heterocycles. The maximum absolute atomic E-state index is 10.7. The lowest BCUT2D eigenvalue weighted by Gasteiger charge is -2.27. The van der Waals surface area contributed by atoms with Crippen molar-refractivity contribution in [3.8, 4) is 0 Å². The van der Waals surface area contributed by atoms with Crippen molar-refractivity contribution in [3.05, 3.63) is 0 Å². The Kier molecular flexibility index (Phi) is 2.98. The summed E-state index contributed by atoms with van der Waals surface area (Å²) in [7, 11) is 0. The third-order valence-corrected chi connectivity index (χ3v) is 3.23. The molecule has 0 amide bonds. The number of hydrogen-bond donors (Lipinski definition) is 3. The number of rotatable bonds is 3. The monoisotopic (exact) mass is 191 g/mol. The van der Waals surface area contributed by atoms with E-state index >= 15 is 0 Å². The van der Waals surface area contributed by atoms with E-state index in [1.165, 1.54) is 0 Å². The highest BCUT2D eigenvalue weighted by Crippen LogP contribution is 2.28. The molecule has 0 saturated carbocycles. The second kappa shape index (κ2) is 3.64. The molecule has 0 aromatic heterocycles. The number of thioether (sulfide) groups is 1. The van der Waals surface area contributed by atoms with Crippen LogP contribution < -0.4 is 5.32 Å². The lowest BCUT2D eigenvalue weighted by molar-refractivity contribution is -0.151. The summed E-state index contributed by atoms with van der Waals surface area (Å²) < 4.78 is 0. The predicted octanol–water partition coefficient (Wildman–Crippen LogP) is -0.125. The summed E-state index contributed by atoms with van der Waals surface area (Å²) >= 11 is 0.971. The van der Waals surface area contributed by atoms with E-state index in [0.717, 1.165) is 31.1 Å². The number of hydrogen-bond acceptors (Lipinski definition) is 4. The molecule has 0 aliphatic carbocycles. The van der Waals surface area contributed by atoms with Gasteiger partial charge < -0.3 is 15.5 Å². The van der Waals surface area contributed by atoms with Gasteiger partial charge in [-0.15, -0.1) is 11.8 Å². The van der Waals surface area contributed by atoms with Gasteiger partial charge in [0.15, 0.2) is 0 Å². The number of carboxylic acid groups (broad SMARTS) is 1. The highest BCUT2D eigenvalue weighted by atomic mass is 32.2. The van der Waals surface area contributed by atoms with Gasteiger partial charge in [0.25, 0.3) is 0 Å². The molecule has 4 nitrogen and oxygen atoms in total. The first-order valence-electron chi connectivity index (χ1n) is 3.85. The van der Waals surface area contributed by atoms with Gasteiger partial charge >= 0.3 is 5.97 Å². The number of aliphatic carboxylic acids is 1. The highest BCUT2D eigenvalue weighted by Gasteiger charge is 2.44. The van der Waals surface area contributed by atoms with Crippen LogP contribution in [0, 0.1) is 0 Å². The number of carboxylic acids is 1. The fourth-order valence-electron chi connectivity index (χ4n) is 1.40. The zero-order valence-corrected chi connectivity index (χ0v) is 7.73. The van der Waals surface area contributed by atoms with Gasteiger partial charge in [0.1, 0.15) is 0 Å². The number of carbonyl (C=O) groups is 1. The largest absolute Gasteiger partial charge is 0.478 e. The highest BCUT2D eigenvalue weighted by molar-refractivity contribution is 8.00. The predicted molar refractivity (Wildman–Crippen MR) is 47.1 cm³/mol. The normalized spacial score (nSPS) is 28.3. The summed E-state index contributed by atoms with van der Waals surface area (Å²) in [6, 6.07) is -0.315. The minimum absolute atomic E-state index is 0.315. The molecule has 0 aromatic carbocycles. The zero-order chi connectivity index (χ0) is 9.19. The van der Waals surface area contributed by atoms with Gasteiger partial charge in [0, 0.05) is 0 Å². The molecule has 2 unspecified atom stereocenters. The van der Waals surface area contributed by atoms with Crippen molar-refractivity contribution < 1.29 is 15.0 Å². The average Bonchev–Trinajstić information content (AvgIpc) is 2.54. The molecule has 0 aromatic rings. The molecule has 1 saturated heterocycles. The minimum Gasteiger partial charge on any atom is -0.478 e. The number of aliphatic hydroxyl groups is 1. The average molecular weight is 191 g/mol. The zero-order valence-electron chi connectivity index (χ0n) is 6.91. The second-order valence-corrected chi connectivity index (χ2v) is 3.89. The van der Waals surface area contributed by atoms with E-state index in [4.69, 9.17) is 5.11 Å². The van der Waals surface area contributed by atoms with Crippen LogP contribution in [0.15, 0.2) is 0 Å². The Hall–Kier alpha value is -0.260. The Morgan fingerprint density at radius 2 is 2.42 bits per heavy atom. The summed E-state index contributed by atoms with van der Waals surface area (Å²) in [5.41, 5.74) is 0. The Morgan fingerprint density at radius 3 is 2.75 bits per heavy atom. The molecule has 1 aliphatic rings. The van der Waals surface area contributed by atoms with E-state index in [1.807, 2.05) is 0 Å². The molecule has 0 spiro atoms. The minimum atomic E-state index is -1.66. The molecular weight excluding hydrogens is 178 g/mol. The summed E-state index contributed by atoms with van der Waals surface area (Å²) in [6.45, 7) is 0.792. The molecule has 2 atom stereocenters. The smallest absolute Gasteiger partial charge is 0.348 e. The van der Waals surface area contributed by atoms with Crippen molar-refractivity contribution in [1.29, 1.82) is 0 Å². The molecule has 12 heavy (non-hydrogen) atoms. The van der Waals surface area contributed by atoms with Crippen LogP contribution in [-0.4, -0.2) is 40.0 Å². The van der Waals surface area contributed by atoms with Gasteiger partial charge in [-0.1, -0.05) is 0 Å². The van der Waals surface area contributed by atoms with Crippen molar-refractivity contribution >= 4 is 17.7 Å². The van der Waals surface area contributed by atoms with Gasteiger partial charge in [0.05, 0.1) is 6.04 Å². The van der Waals surface area contributed by atoms with E-state index in [2.05, 4.69) is 5.32 Å². The first-order valence-corrected chi connectivity index (χ1v) is 5.08. The molecular formula is C7H13NO3S. The number of nitrogens with one attached hydrogen (secondary N) is 1. The summed E-state index contributed by atoms with van der Waals surface area (Å²) in [6.07, 6.45) is 3.26. The van der Waals surface area contributed by atoms with Crippen LogP contribution in [0.25, 0.3) is 0 Å². The molecule has 0 radical (unpaired) electrons. The van der Waals surface area contributed by atoms with Crippen LogP contribution in [0.1, 0.15) is 12.8 Å². The maximum atomic E-state index is 10.7. The Labute approximate surface area is 75.3 Å². The molecule has 1 heterocycles. The van der Waals surface area contributed by atoms with Crippen molar-refractivity contribution in [2.75, 3.05) is 12.8 Å². The van der Waals surface area contributed by atoms with Crippen LogP contribution in [0.3, 0.4) is 0 Å². The van der Waals surface area contributed by atoms with Crippen molar-refractivity contribution in [1.82, 2.24) is 5.32 Å². The first-order chi connectivity index (χ1) is 5.61. The van der Waals surface area contributed by atoms with E-state index in [-0.39, 0.29) is 6.04 Å². The topological polar surface area (TPSA) is 69.6 Å². The fraction of sp³-hybridized carbons (Fsp3) is 0.857. The maximum Gasteiger partial charge on any atom is 0.348 e. The third kappa shape index (κ3) is 1.57. The van der Waals surface area contributed by atoms with Crippen molar-refractivity contribution in [3.63, 3.8) is 0 Å². The van der Waals surface area contributed by atoms with E-state index in [0.29, 0.717) is 0 Å². The van der Waals surface area contributed by atoms with Crippen molar-refractivity contribution in [2.24, 2.45) is 0 Å². The van der Waals surface area contributed by atoms with E-state index in [1.54, 1.807) is 6.26 Å². The molecule has 0 bridgehead atoms. The molecule has 1 fully saturated rings. The van der Waals surface area contributed by atoms with Crippen LogP contribution in [0.2, 0.25) is 0 Å². The van der Waals surface area contributed by atoms with Crippen molar-refractivity contribution in [2.45, 2.75) is 23.8 Å². The van der Waals surface area contributed by atoms with Gasteiger partial charge in [0.2, 0.25) is 4.93 Å². The van der Waals surface area contributed by atoms with Crippen LogP contribution in [0.5, 0.6) is 0 Å². The standard InChI is InChI=1S/C7H13NO3S/c1-12-7(11,6(9)10)5-3-2-4-8-5/h5,8,11H,2-4H2,1H3,(H,9,10). The van der Waals surface area contributed by atoms with E-state index < -0.39 is 10.9 Å². The van der Waals surface area contributed by atoms with Crippen LogP contribution in [0.4, 0.5) is 0 Å². The Balaban J connectivity index is 2.70. The molecule has 3 N–H and O–H groups in total. The SMILES string of the molecule is CSC(O)(C(=O)O)C1CCCN1. The molecule has 5 heteroatoms. The Bertz CT molecular complexity index is 181. The van der Waals surface area contributed by atoms with Gasteiger partial charge in [-0.25, -0.2) is 4.79 Å². The molecule has 70 valence electrons. The quantitative estimate of drug-likeness (QED) is 0.542. The van der Waals surface area contributed by atoms with Gasteiger partial charge in [-0.3, -0.25) is 0 Å². The van der Waals surface area contributed by atoms with Gasteiger partial charge in [-0.05, 0) is 25.6 Å². The summed E-state index contributed by atoms with van der Waals surface area (Å²) in [5, 5.41) is 21.5. The van der Waals surface area contributed by atoms with E-state index in [9.17, 15) is 9.90 Å².